The van der Waals surface area contributed by atoms with Gasteiger partial charge in [0.05, 0.1) is 39.6 Å². The average molecular weight is 400 g/mol. The molecule has 3 rings (SSSR count). The van der Waals surface area contributed by atoms with Crippen molar-refractivity contribution in [1.29, 1.82) is 0 Å². The normalized spacial score (nSPS) is 10.8. The average Bonchev–Trinajstić information content (AvgIpc) is 2.91. The van der Waals surface area contributed by atoms with E-state index >= 15 is 0 Å². The maximum absolute atomic E-state index is 12.1. The molecule has 1 aromatic carbocycles. The molecule has 25 heavy (non-hydrogen) atoms. The molecule has 3 aromatic rings. The molecule has 0 spiro atoms. The van der Waals surface area contributed by atoms with Crippen LogP contribution in [0.1, 0.15) is 29.9 Å². The van der Waals surface area contributed by atoms with Gasteiger partial charge in [0.2, 0.25) is 0 Å². The van der Waals surface area contributed by atoms with Crippen LogP contribution < -0.4 is 5.32 Å². The molecule has 132 valence electrons. The molecule has 2 aromatic heterocycles. The highest BCUT2D eigenvalue weighted by molar-refractivity contribution is 6.34. The van der Waals surface area contributed by atoms with Gasteiger partial charge in [0, 0.05) is 17.8 Å². The first-order valence-corrected chi connectivity index (χ1v) is 8.25. The number of hydrogen-bond donors (Lipinski definition) is 1. The molecule has 0 aliphatic carbocycles. The molecule has 0 aliphatic heterocycles. The van der Waals surface area contributed by atoms with E-state index in [1.165, 1.54) is 0 Å². The highest BCUT2D eigenvalue weighted by Crippen LogP contribution is 2.21. The van der Waals surface area contributed by atoms with Crippen molar-refractivity contribution in [2.75, 3.05) is 0 Å². The number of rotatable bonds is 4. The standard InChI is InChI=1S/C17H16Cl2N4O.ClH/c1-10(2)22-17(24)11-3-4-16-14(5-11)21-9-23(16)8-15-13(19)6-12(18)7-20-15;/h3-7,9-10H,8H2,1-2H3,(H,22,24);1H. The summed E-state index contributed by atoms with van der Waals surface area (Å²) in [6.45, 7) is 4.33. The number of benzene rings is 1. The van der Waals surface area contributed by atoms with Crippen LogP contribution in [0.5, 0.6) is 0 Å². The molecular weight excluding hydrogens is 383 g/mol. The monoisotopic (exact) mass is 398 g/mol. The summed E-state index contributed by atoms with van der Waals surface area (Å²) in [5.41, 5.74) is 2.95. The third kappa shape index (κ3) is 4.42. The Hall–Kier alpha value is -1.82. The summed E-state index contributed by atoms with van der Waals surface area (Å²) < 4.78 is 1.93. The lowest BCUT2D eigenvalue weighted by Gasteiger charge is -2.09. The molecule has 2 heterocycles. The number of imidazole rings is 1. The van der Waals surface area contributed by atoms with Gasteiger partial charge in [0.15, 0.2) is 0 Å². The number of amides is 1. The van der Waals surface area contributed by atoms with Crippen molar-refractivity contribution >= 4 is 52.5 Å². The number of nitrogens with zero attached hydrogens (tertiary/aromatic N) is 3. The second-order valence-electron chi connectivity index (χ2n) is 5.79. The molecule has 0 atom stereocenters. The predicted molar refractivity (Wildman–Crippen MR) is 103 cm³/mol. The minimum absolute atomic E-state index is 0. The van der Waals surface area contributed by atoms with Crippen LogP contribution in [-0.4, -0.2) is 26.5 Å². The molecule has 0 radical (unpaired) electrons. The molecule has 0 unspecified atom stereocenters. The second-order valence-corrected chi connectivity index (χ2v) is 6.63. The van der Waals surface area contributed by atoms with Crippen LogP contribution in [0.25, 0.3) is 11.0 Å². The highest BCUT2D eigenvalue weighted by atomic mass is 35.5. The first kappa shape index (κ1) is 19.5. The number of pyridine rings is 1. The zero-order valence-electron chi connectivity index (χ0n) is 13.7. The Kier molecular flexibility index (Phi) is 6.27. The van der Waals surface area contributed by atoms with Crippen LogP contribution in [0, 0.1) is 0 Å². The van der Waals surface area contributed by atoms with Gasteiger partial charge in [-0.25, -0.2) is 4.98 Å². The van der Waals surface area contributed by atoms with Crippen LogP contribution in [0.3, 0.4) is 0 Å². The first-order valence-electron chi connectivity index (χ1n) is 7.49. The van der Waals surface area contributed by atoms with Crippen molar-refractivity contribution in [3.05, 3.63) is 58.1 Å². The van der Waals surface area contributed by atoms with Crippen molar-refractivity contribution in [3.63, 3.8) is 0 Å². The van der Waals surface area contributed by atoms with Crippen LogP contribution in [0.15, 0.2) is 36.8 Å². The van der Waals surface area contributed by atoms with E-state index in [-0.39, 0.29) is 24.4 Å². The number of aromatic nitrogens is 3. The zero-order chi connectivity index (χ0) is 17.3. The molecule has 0 aliphatic rings. The fourth-order valence-corrected chi connectivity index (χ4v) is 2.84. The molecule has 0 saturated carbocycles. The first-order chi connectivity index (χ1) is 11.4. The van der Waals surface area contributed by atoms with Gasteiger partial charge in [-0.2, -0.15) is 0 Å². The predicted octanol–water partition coefficient (Wildman–Crippen LogP) is 4.35. The third-order valence-corrected chi connectivity index (χ3v) is 4.04. The molecule has 1 N–H and O–H groups in total. The SMILES string of the molecule is CC(C)NC(=O)c1ccc2c(c1)ncn2Cc1ncc(Cl)cc1Cl.Cl. The fourth-order valence-electron chi connectivity index (χ4n) is 2.40. The van der Waals surface area contributed by atoms with E-state index in [0.29, 0.717) is 27.8 Å². The van der Waals surface area contributed by atoms with E-state index < -0.39 is 0 Å². The van der Waals surface area contributed by atoms with Crippen molar-refractivity contribution < 1.29 is 4.79 Å². The lowest BCUT2D eigenvalue weighted by molar-refractivity contribution is 0.0943. The largest absolute Gasteiger partial charge is 0.350 e. The van der Waals surface area contributed by atoms with E-state index in [1.807, 2.05) is 24.5 Å². The van der Waals surface area contributed by atoms with E-state index in [0.717, 1.165) is 11.0 Å². The second kappa shape index (κ2) is 8.04. The summed E-state index contributed by atoms with van der Waals surface area (Å²) in [4.78, 5) is 20.7. The molecular formula is C17H17Cl3N4O. The van der Waals surface area contributed by atoms with Gasteiger partial charge in [0.25, 0.3) is 5.91 Å². The molecule has 5 nitrogen and oxygen atoms in total. The lowest BCUT2D eigenvalue weighted by atomic mass is 10.1. The number of hydrogen-bond acceptors (Lipinski definition) is 3. The van der Waals surface area contributed by atoms with Crippen molar-refractivity contribution in [2.24, 2.45) is 0 Å². The topological polar surface area (TPSA) is 59.8 Å². The zero-order valence-corrected chi connectivity index (χ0v) is 16.0. The van der Waals surface area contributed by atoms with Crippen molar-refractivity contribution in [2.45, 2.75) is 26.4 Å². The van der Waals surface area contributed by atoms with Gasteiger partial charge in [-0.05, 0) is 38.1 Å². The van der Waals surface area contributed by atoms with E-state index in [1.54, 1.807) is 30.7 Å². The highest BCUT2D eigenvalue weighted by Gasteiger charge is 2.11. The van der Waals surface area contributed by atoms with Crippen LogP contribution in [0.2, 0.25) is 10.0 Å². The van der Waals surface area contributed by atoms with Gasteiger partial charge in [-0.3, -0.25) is 9.78 Å². The van der Waals surface area contributed by atoms with Crippen molar-refractivity contribution in [1.82, 2.24) is 19.9 Å². The summed E-state index contributed by atoms with van der Waals surface area (Å²) >= 11 is 12.1. The summed E-state index contributed by atoms with van der Waals surface area (Å²) in [5, 5.41) is 3.88. The Labute approximate surface area is 161 Å². The van der Waals surface area contributed by atoms with Crippen LogP contribution >= 0.6 is 35.6 Å². The number of carbonyl (C=O) groups is 1. The summed E-state index contributed by atoms with van der Waals surface area (Å²) in [6, 6.07) is 7.19. The quantitative estimate of drug-likeness (QED) is 0.709. The Bertz CT molecular complexity index is 908. The summed E-state index contributed by atoms with van der Waals surface area (Å²) in [5.74, 6) is -0.108. The van der Waals surface area contributed by atoms with E-state index in [4.69, 9.17) is 23.2 Å². The third-order valence-electron chi connectivity index (χ3n) is 3.51. The number of nitrogens with one attached hydrogen (secondary N) is 1. The molecule has 0 saturated heterocycles. The number of carbonyl (C=O) groups excluding carboxylic acids is 1. The molecule has 0 bridgehead atoms. The summed E-state index contributed by atoms with van der Waals surface area (Å²) in [7, 11) is 0. The smallest absolute Gasteiger partial charge is 0.251 e. The van der Waals surface area contributed by atoms with Gasteiger partial charge in [-0.1, -0.05) is 23.2 Å². The van der Waals surface area contributed by atoms with Gasteiger partial charge in [-0.15, -0.1) is 12.4 Å². The Morgan fingerprint density at radius 3 is 2.68 bits per heavy atom. The molecule has 0 fully saturated rings. The van der Waals surface area contributed by atoms with Gasteiger partial charge >= 0.3 is 0 Å². The van der Waals surface area contributed by atoms with Crippen LogP contribution in [-0.2, 0) is 6.54 Å². The lowest BCUT2D eigenvalue weighted by Crippen LogP contribution is -2.29. The molecule has 1 amide bonds. The molecule has 8 heteroatoms. The Morgan fingerprint density at radius 2 is 2.00 bits per heavy atom. The number of halogens is 3. The Balaban J connectivity index is 0.00000225. The van der Waals surface area contributed by atoms with Crippen molar-refractivity contribution in [3.8, 4) is 0 Å². The number of fused-ring (bicyclic) bond motifs is 1. The van der Waals surface area contributed by atoms with Gasteiger partial charge < -0.3 is 9.88 Å². The van der Waals surface area contributed by atoms with Crippen LogP contribution in [0.4, 0.5) is 0 Å². The van der Waals surface area contributed by atoms with E-state index in [2.05, 4.69) is 15.3 Å². The Morgan fingerprint density at radius 1 is 1.24 bits per heavy atom. The minimum atomic E-state index is -0.108. The maximum atomic E-state index is 12.1. The van der Waals surface area contributed by atoms with E-state index in [9.17, 15) is 4.79 Å². The summed E-state index contributed by atoms with van der Waals surface area (Å²) in [6.07, 6.45) is 3.28. The maximum Gasteiger partial charge on any atom is 0.251 e. The van der Waals surface area contributed by atoms with Gasteiger partial charge in [0.1, 0.15) is 0 Å². The minimum Gasteiger partial charge on any atom is -0.350 e. The fraction of sp³-hybridized carbons (Fsp3) is 0.235.